The maximum atomic E-state index is 4.91. The van der Waals surface area contributed by atoms with Crippen molar-refractivity contribution in [2.24, 2.45) is 0 Å². The van der Waals surface area contributed by atoms with E-state index in [1.165, 1.54) is 11.1 Å². The third-order valence-corrected chi connectivity index (χ3v) is 5.73. The number of rotatable bonds is 4. The van der Waals surface area contributed by atoms with E-state index in [4.69, 9.17) is 9.97 Å². The number of hydrogen-bond donors (Lipinski definition) is 2. The summed E-state index contributed by atoms with van der Waals surface area (Å²) in [6.07, 6.45) is 12.2. The van der Waals surface area contributed by atoms with Crippen molar-refractivity contribution in [1.29, 1.82) is 0 Å². The zero-order chi connectivity index (χ0) is 20.8. The third-order valence-electron chi connectivity index (χ3n) is 5.73. The minimum Gasteiger partial charge on any atom is -0.336 e. The van der Waals surface area contributed by atoms with Crippen molar-refractivity contribution >= 4 is 27.6 Å². The van der Waals surface area contributed by atoms with E-state index in [9.17, 15) is 0 Å². The molecule has 6 nitrogen and oxygen atoms in total. The van der Waals surface area contributed by atoms with Gasteiger partial charge < -0.3 is 4.98 Å². The Morgan fingerprint density at radius 1 is 1.00 bits per heavy atom. The average molecular weight is 404 g/mol. The van der Waals surface area contributed by atoms with E-state index in [1.54, 1.807) is 0 Å². The molecule has 1 aliphatic carbocycles. The smallest absolute Gasteiger partial charge is 0.161 e. The highest BCUT2D eigenvalue weighted by atomic mass is 15.1. The van der Waals surface area contributed by atoms with Crippen molar-refractivity contribution in [2.45, 2.75) is 19.8 Å². The molecule has 1 aliphatic rings. The molecule has 0 aliphatic heterocycles. The highest BCUT2D eigenvalue weighted by molar-refractivity contribution is 5.96. The number of aryl methyl sites for hydroxylation is 1. The van der Waals surface area contributed by atoms with Crippen molar-refractivity contribution in [3.8, 4) is 22.8 Å². The largest absolute Gasteiger partial charge is 0.336 e. The quantitative estimate of drug-likeness (QED) is 0.416. The molecule has 0 unspecified atom stereocenters. The standard InChI is InChI=1S/C25H20N6/c1-2-15-12-17(14-26-13-15)19-10-11-21-23(27-19)24(31-30-21)25-28-20-9-5-8-18(22(20)29-25)16-6-3-4-7-16/h3,5-14H,2,4H2,1H3,(H,28,29)(H,30,31). The SMILES string of the molecule is CCc1cncc(-c2ccc3[nH]nc(-c4nc5c(C6=CCC=C6)cccc5[nH]4)c3n2)c1. The summed E-state index contributed by atoms with van der Waals surface area (Å²) in [7, 11) is 0. The second kappa shape index (κ2) is 7.02. The van der Waals surface area contributed by atoms with E-state index in [2.05, 4.69) is 63.5 Å². The van der Waals surface area contributed by atoms with Gasteiger partial charge in [-0.15, -0.1) is 0 Å². The summed E-state index contributed by atoms with van der Waals surface area (Å²) in [6, 6.07) is 12.4. The third kappa shape index (κ3) is 2.95. The van der Waals surface area contributed by atoms with Gasteiger partial charge in [0, 0.05) is 23.5 Å². The molecule has 6 rings (SSSR count). The number of benzene rings is 1. The van der Waals surface area contributed by atoms with E-state index in [-0.39, 0.29) is 0 Å². The molecular formula is C25H20N6. The van der Waals surface area contributed by atoms with Crippen LogP contribution in [-0.2, 0) is 6.42 Å². The van der Waals surface area contributed by atoms with E-state index in [0.29, 0.717) is 5.82 Å². The van der Waals surface area contributed by atoms with Crippen LogP contribution < -0.4 is 0 Å². The number of para-hydroxylation sites is 1. The summed E-state index contributed by atoms with van der Waals surface area (Å²) in [4.78, 5) is 17.6. The van der Waals surface area contributed by atoms with Crippen LogP contribution in [0.3, 0.4) is 0 Å². The lowest BCUT2D eigenvalue weighted by Gasteiger charge is -2.03. The number of fused-ring (bicyclic) bond motifs is 2. The van der Waals surface area contributed by atoms with Crippen molar-refractivity contribution in [3.63, 3.8) is 0 Å². The molecule has 0 spiro atoms. The molecule has 0 bridgehead atoms. The Kier molecular flexibility index (Phi) is 4.02. The molecule has 0 atom stereocenters. The number of H-pyrrole nitrogens is 2. The molecule has 31 heavy (non-hydrogen) atoms. The summed E-state index contributed by atoms with van der Waals surface area (Å²) in [5.74, 6) is 0.710. The molecule has 0 fully saturated rings. The van der Waals surface area contributed by atoms with Gasteiger partial charge in [0.05, 0.1) is 22.2 Å². The summed E-state index contributed by atoms with van der Waals surface area (Å²) < 4.78 is 0. The molecule has 5 aromatic rings. The normalized spacial score (nSPS) is 13.4. The van der Waals surface area contributed by atoms with Gasteiger partial charge in [-0.1, -0.05) is 37.3 Å². The fourth-order valence-electron chi connectivity index (χ4n) is 4.08. The van der Waals surface area contributed by atoms with Crippen LogP contribution in [0.4, 0.5) is 0 Å². The van der Waals surface area contributed by atoms with Crippen LogP contribution in [0.15, 0.2) is 67.0 Å². The highest BCUT2D eigenvalue weighted by Crippen LogP contribution is 2.31. The Labute approximate surface area is 178 Å². The molecule has 1 aromatic carbocycles. The first-order valence-electron chi connectivity index (χ1n) is 10.5. The molecule has 2 N–H and O–H groups in total. The maximum absolute atomic E-state index is 4.91. The van der Waals surface area contributed by atoms with Crippen LogP contribution in [0, 0.1) is 0 Å². The number of hydrogen-bond acceptors (Lipinski definition) is 4. The number of nitrogens with zero attached hydrogens (tertiary/aromatic N) is 4. The van der Waals surface area contributed by atoms with Crippen LogP contribution in [0.1, 0.15) is 24.5 Å². The fraction of sp³-hybridized carbons (Fsp3) is 0.120. The van der Waals surface area contributed by atoms with E-state index >= 15 is 0 Å². The topological polar surface area (TPSA) is 83.1 Å². The Morgan fingerprint density at radius 3 is 2.84 bits per heavy atom. The van der Waals surface area contributed by atoms with Crippen LogP contribution in [0.5, 0.6) is 0 Å². The second-order valence-electron chi connectivity index (χ2n) is 7.68. The Hall–Kier alpha value is -4.06. The van der Waals surface area contributed by atoms with Gasteiger partial charge in [0.25, 0.3) is 0 Å². The van der Waals surface area contributed by atoms with Gasteiger partial charge in [0.15, 0.2) is 11.5 Å². The van der Waals surface area contributed by atoms with E-state index in [0.717, 1.165) is 57.4 Å². The molecule has 4 heterocycles. The van der Waals surface area contributed by atoms with Gasteiger partial charge in [-0.05, 0) is 48.2 Å². The molecular weight excluding hydrogens is 384 g/mol. The first-order chi connectivity index (χ1) is 15.3. The van der Waals surface area contributed by atoms with Gasteiger partial charge in [0.1, 0.15) is 5.52 Å². The van der Waals surface area contributed by atoms with Crippen LogP contribution >= 0.6 is 0 Å². The number of allylic oxidation sites excluding steroid dienone is 4. The van der Waals surface area contributed by atoms with Crippen molar-refractivity contribution in [3.05, 3.63) is 78.1 Å². The zero-order valence-corrected chi connectivity index (χ0v) is 17.1. The zero-order valence-electron chi connectivity index (χ0n) is 17.1. The first kappa shape index (κ1) is 17.8. The molecule has 0 amide bonds. The number of aromatic nitrogens is 6. The average Bonchev–Trinajstić information content (AvgIpc) is 3.57. The van der Waals surface area contributed by atoms with Gasteiger partial charge >= 0.3 is 0 Å². The van der Waals surface area contributed by atoms with E-state index < -0.39 is 0 Å². The molecule has 0 saturated heterocycles. The minimum atomic E-state index is 0.710. The van der Waals surface area contributed by atoms with Gasteiger partial charge in [0.2, 0.25) is 0 Å². The molecule has 6 heteroatoms. The van der Waals surface area contributed by atoms with Crippen LogP contribution in [-0.4, -0.2) is 30.1 Å². The summed E-state index contributed by atoms with van der Waals surface area (Å²) in [5, 5.41) is 7.62. The molecule has 150 valence electrons. The van der Waals surface area contributed by atoms with Crippen molar-refractivity contribution < 1.29 is 0 Å². The van der Waals surface area contributed by atoms with Crippen molar-refractivity contribution in [2.75, 3.05) is 0 Å². The Morgan fingerprint density at radius 2 is 1.97 bits per heavy atom. The molecule has 4 aromatic heterocycles. The lowest BCUT2D eigenvalue weighted by molar-refractivity contribution is 1.10. The molecule has 0 saturated carbocycles. The predicted octanol–water partition coefficient (Wildman–Crippen LogP) is 5.47. The number of aromatic amines is 2. The predicted molar refractivity (Wildman–Crippen MR) is 123 cm³/mol. The fourth-order valence-corrected chi connectivity index (χ4v) is 4.08. The lowest BCUT2D eigenvalue weighted by Crippen LogP contribution is -1.90. The van der Waals surface area contributed by atoms with Gasteiger partial charge in [-0.3, -0.25) is 10.1 Å². The molecule has 0 radical (unpaired) electrons. The lowest BCUT2D eigenvalue weighted by atomic mass is 10.1. The van der Waals surface area contributed by atoms with Gasteiger partial charge in [-0.2, -0.15) is 5.10 Å². The van der Waals surface area contributed by atoms with Crippen LogP contribution in [0.2, 0.25) is 0 Å². The Balaban J connectivity index is 1.49. The number of nitrogens with one attached hydrogen (secondary N) is 2. The monoisotopic (exact) mass is 404 g/mol. The minimum absolute atomic E-state index is 0.710. The summed E-state index contributed by atoms with van der Waals surface area (Å²) in [5.41, 5.74) is 9.71. The number of imidazole rings is 1. The highest BCUT2D eigenvalue weighted by Gasteiger charge is 2.17. The maximum Gasteiger partial charge on any atom is 0.161 e. The van der Waals surface area contributed by atoms with Gasteiger partial charge in [-0.25, -0.2) is 9.97 Å². The van der Waals surface area contributed by atoms with Crippen LogP contribution in [0.25, 0.3) is 50.4 Å². The summed E-state index contributed by atoms with van der Waals surface area (Å²) in [6.45, 7) is 2.12. The number of pyridine rings is 2. The second-order valence-corrected chi connectivity index (χ2v) is 7.68. The Bertz CT molecular complexity index is 1500. The first-order valence-corrected chi connectivity index (χ1v) is 10.5. The van der Waals surface area contributed by atoms with E-state index in [1.807, 2.05) is 30.6 Å². The summed E-state index contributed by atoms with van der Waals surface area (Å²) >= 11 is 0. The van der Waals surface area contributed by atoms with Crippen molar-refractivity contribution in [1.82, 2.24) is 30.1 Å².